The molecular formula is C11H23N3O2. The topological polar surface area (TPSA) is 89.4 Å². The lowest BCUT2D eigenvalue weighted by Gasteiger charge is -2.24. The van der Waals surface area contributed by atoms with Crippen LogP contribution in [0.1, 0.15) is 39.5 Å². The summed E-state index contributed by atoms with van der Waals surface area (Å²) < 4.78 is 0. The van der Waals surface area contributed by atoms with E-state index in [2.05, 4.69) is 0 Å². The fourth-order valence-corrected chi connectivity index (χ4v) is 1.47. The summed E-state index contributed by atoms with van der Waals surface area (Å²) in [6, 6.07) is -0.513. The van der Waals surface area contributed by atoms with E-state index in [1.54, 1.807) is 0 Å². The molecule has 0 saturated carbocycles. The summed E-state index contributed by atoms with van der Waals surface area (Å²) in [6.45, 7) is 4.52. The van der Waals surface area contributed by atoms with Gasteiger partial charge in [-0.1, -0.05) is 26.7 Å². The van der Waals surface area contributed by atoms with E-state index in [0.717, 1.165) is 19.3 Å². The first-order valence-corrected chi connectivity index (χ1v) is 5.85. The first-order valence-electron chi connectivity index (χ1n) is 5.85. The van der Waals surface area contributed by atoms with Crippen molar-refractivity contribution in [3.8, 4) is 0 Å². The van der Waals surface area contributed by atoms with Gasteiger partial charge in [0.05, 0.1) is 12.6 Å². The molecule has 0 saturated heterocycles. The van der Waals surface area contributed by atoms with E-state index in [9.17, 15) is 9.59 Å². The van der Waals surface area contributed by atoms with Gasteiger partial charge in [-0.2, -0.15) is 0 Å². The Hall–Kier alpha value is -1.10. The van der Waals surface area contributed by atoms with Crippen LogP contribution in [0.2, 0.25) is 0 Å². The Bertz CT molecular complexity index is 231. The van der Waals surface area contributed by atoms with Crippen molar-refractivity contribution >= 4 is 11.8 Å². The average molecular weight is 229 g/mol. The third kappa shape index (κ3) is 5.70. The average Bonchev–Trinajstić information content (AvgIpc) is 2.23. The molecule has 0 aromatic carbocycles. The largest absolute Gasteiger partial charge is 0.368 e. The molecule has 0 bridgehead atoms. The van der Waals surface area contributed by atoms with Crippen LogP contribution in [0.5, 0.6) is 0 Å². The van der Waals surface area contributed by atoms with E-state index < -0.39 is 11.9 Å². The van der Waals surface area contributed by atoms with Crippen molar-refractivity contribution in [2.75, 3.05) is 13.1 Å². The number of carbonyl (C=O) groups excluding carboxylic acids is 2. The van der Waals surface area contributed by atoms with Crippen molar-refractivity contribution < 1.29 is 9.59 Å². The zero-order valence-electron chi connectivity index (χ0n) is 10.2. The first-order chi connectivity index (χ1) is 7.52. The number of unbranched alkanes of at least 4 members (excludes halogenated alkanes) is 1. The molecule has 2 amide bonds. The van der Waals surface area contributed by atoms with Crippen LogP contribution in [0.15, 0.2) is 0 Å². The minimum atomic E-state index is -0.513. The predicted octanol–water partition coefficient (Wildman–Crippen LogP) is 0.228. The van der Waals surface area contributed by atoms with Crippen molar-refractivity contribution in [3.05, 3.63) is 0 Å². The fourth-order valence-electron chi connectivity index (χ4n) is 1.47. The van der Waals surface area contributed by atoms with Gasteiger partial charge in [-0.25, -0.2) is 0 Å². The smallest absolute Gasteiger partial charge is 0.239 e. The second-order valence-corrected chi connectivity index (χ2v) is 3.97. The molecule has 16 heavy (non-hydrogen) atoms. The number of hydrogen-bond acceptors (Lipinski definition) is 3. The highest BCUT2D eigenvalue weighted by Gasteiger charge is 2.20. The molecule has 0 radical (unpaired) electrons. The van der Waals surface area contributed by atoms with Gasteiger partial charge in [-0.05, 0) is 12.8 Å². The quantitative estimate of drug-likeness (QED) is 0.624. The maximum absolute atomic E-state index is 11.9. The lowest BCUT2D eigenvalue weighted by molar-refractivity contribution is -0.136. The molecule has 5 heteroatoms. The number of carbonyl (C=O) groups is 2. The number of hydrogen-bond donors (Lipinski definition) is 2. The standard InChI is InChI=1S/C11H23N3O2/c1-3-5-7-14(8-10(13)15)11(16)9(12)6-4-2/h9H,3-8,12H2,1-2H3,(H2,13,15)/t9-/m1/s1. The number of rotatable bonds is 8. The minimum Gasteiger partial charge on any atom is -0.368 e. The van der Waals surface area contributed by atoms with Gasteiger partial charge in [0.25, 0.3) is 0 Å². The molecule has 0 aromatic heterocycles. The molecule has 1 atom stereocenters. The van der Waals surface area contributed by atoms with Gasteiger partial charge in [0, 0.05) is 6.54 Å². The predicted molar refractivity (Wildman–Crippen MR) is 63.6 cm³/mol. The van der Waals surface area contributed by atoms with Crippen LogP contribution in [0.4, 0.5) is 0 Å². The number of primary amides is 1. The SMILES string of the molecule is CCCCN(CC(N)=O)C(=O)[C@H](N)CCC. The Morgan fingerprint density at radius 1 is 1.25 bits per heavy atom. The van der Waals surface area contributed by atoms with Crippen molar-refractivity contribution in [3.63, 3.8) is 0 Å². The summed E-state index contributed by atoms with van der Waals surface area (Å²) in [5.74, 6) is -0.665. The lowest BCUT2D eigenvalue weighted by Crippen LogP contribution is -2.47. The Balaban J connectivity index is 4.35. The number of nitrogens with two attached hydrogens (primary N) is 2. The Morgan fingerprint density at radius 2 is 1.88 bits per heavy atom. The second kappa shape index (κ2) is 8.10. The van der Waals surface area contributed by atoms with Gasteiger partial charge in [0.1, 0.15) is 0 Å². The molecule has 0 fully saturated rings. The van der Waals surface area contributed by atoms with Crippen molar-refractivity contribution in [2.24, 2.45) is 11.5 Å². The Morgan fingerprint density at radius 3 is 2.31 bits per heavy atom. The summed E-state index contributed by atoms with van der Waals surface area (Å²) >= 11 is 0. The zero-order valence-corrected chi connectivity index (χ0v) is 10.2. The maximum atomic E-state index is 11.9. The van der Waals surface area contributed by atoms with E-state index in [0.29, 0.717) is 13.0 Å². The van der Waals surface area contributed by atoms with Crippen LogP contribution in [0, 0.1) is 0 Å². The molecule has 0 spiro atoms. The summed E-state index contributed by atoms with van der Waals surface area (Å²) in [4.78, 5) is 24.2. The molecule has 0 rings (SSSR count). The second-order valence-electron chi connectivity index (χ2n) is 3.97. The molecule has 0 aliphatic heterocycles. The van der Waals surface area contributed by atoms with Crippen LogP contribution in [0.25, 0.3) is 0 Å². The summed E-state index contributed by atoms with van der Waals surface area (Å²) in [5, 5.41) is 0. The van der Waals surface area contributed by atoms with Crippen LogP contribution in [0.3, 0.4) is 0 Å². The zero-order chi connectivity index (χ0) is 12.6. The fraction of sp³-hybridized carbons (Fsp3) is 0.818. The highest BCUT2D eigenvalue weighted by Crippen LogP contribution is 2.02. The molecule has 5 nitrogen and oxygen atoms in total. The number of nitrogens with zero attached hydrogens (tertiary/aromatic N) is 1. The minimum absolute atomic E-state index is 0.0315. The molecule has 0 aromatic rings. The van der Waals surface area contributed by atoms with Gasteiger partial charge in [-0.3, -0.25) is 9.59 Å². The van der Waals surface area contributed by atoms with E-state index in [1.165, 1.54) is 4.90 Å². The molecule has 94 valence electrons. The third-order valence-corrected chi connectivity index (χ3v) is 2.36. The van der Waals surface area contributed by atoms with Gasteiger partial charge in [-0.15, -0.1) is 0 Å². The maximum Gasteiger partial charge on any atom is 0.239 e. The van der Waals surface area contributed by atoms with Gasteiger partial charge < -0.3 is 16.4 Å². The van der Waals surface area contributed by atoms with Crippen LogP contribution < -0.4 is 11.5 Å². The van der Waals surface area contributed by atoms with Crippen LogP contribution in [-0.4, -0.2) is 35.8 Å². The van der Waals surface area contributed by atoms with Gasteiger partial charge in [0.15, 0.2) is 0 Å². The van der Waals surface area contributed by atoms with Crippen molar-refractivity contribution in [2.45, 2.75) is 45.6 Å². The third-order valence-electron chi connectivity index (χ3n) is 2.36. The normalized spacial score (nSPS) is 12.2. The molecule has 0 aliphatic rings. The van der Waals surface area contributed by atoms with Crippen molar-refractivity contribution in [1.29, 1.82) is 0 Å². The van der Waals surface area contributed by atoms with E-state index >= 15 is 0 Å². The molecular weight excluding hydrogens is 206 g/mol. The molecule has 0 unspecified atom stereocenters. The van der Waals surface area contributed by atoms with E-state index in [-0.39, 0.29) is 12.5 Å². The van der Waals surface area contributed by atoms with Crippen LogP contribution >= 0.6 is 0 Å². The first kappa shape index (κ1) is 14.9. The van der Waals surface area contributed by atoms with Crippen LogP contribution in [-0.2, 0) is 9.59 Å². The van der Waals surface area contributed by atoms with Gasteiger partial charge in [0.2, 0.25) is 11.8 Å². The van der Waals surface area contributed by atoms with Crippen molar-refractivity contribution in [1.82, 2.24) is 4.90 Å². The molecule has 4 N–H and O–H groups in total. The molecule has 0 aliphatic carbocycles. The highest BCUT2D eigenvalue weighted by molar-refractivity contribution is 5.86. The Labute approximate surface area is 97.2 Å². The monoisotopic (exact) mass is 229 g/mol. The summed E-state index contributed by atoms with van der Waals surface area (Å²) in [6.07, 6.45) is 3.31. The summed E-state index contributed by atoms with van der Waals surface area (Å²) in [7, 11) is 0. The summed E-state index contributed by atoms with van der Waals surface area (Å²) in [5.41, 5.74) is 10.8. The van der Waals surface area contributed by atoms with Gasteiger partial charge >= 0.3 is 0 Å². The van der Waals surface area contributed by atoms with E-state index in [1.807, 2.05) is 13.8 Å². The Kier molecular flexibility index (Phi) is 7.54. The molecule has 0 heterocycles. The highest BCUT2D eigenvalue weighted by atomic mass is 16.2. The van der Waals surface area contributed by atoms with E-state index in [4.69, 9.17) is 11.5 Å². The lowest BCUT2D eigenvalue weighted by atomic mass is 10.1. The number of amides is 2.